The highest BCUT2D eigenvalue weighted by Gasteiger charge is 2.52. The van der Waals surface area contributed by atoms with Crippen LogP contribution in [-0.4, -0.2) is 131 Å². The van der Waals surface area contributed by atoms with Crippen LogP contribution in [0.25, 0.3) is 0 Å². The molecular weight excluding hydrogens is 1360 g/mol. The zero-order valence-corrected chi connectivity index (χ0v) is 68.6. The number of phosphoric acid groups is 1. The second-order valence-electron chi connectivity index (χ2n) is 30.6. The number of aliphatic hydroxyl groups excluding tert-OH is 2. The van der Waals surface area contributed by atoms with Gasteiger partial charge in [-0.3, -0.25) is 33.3 Å². The van der Waals surface area contributed by atoms with Gasteiger partial charge in [-0.15, -0.1) is 0 Å². The van der Waals surface area contributed by atoms with E-state index in [1.54, 1.807) is 0 Å². The average Bonchev–Trinajstić information content (AvgIpc) is 0.781. The Hall–Kier alpha value is -3.23. The number of nitrogens with one attached hydrogen (secondary N) is 2. The fourth-order valence-electron chi connectivity index (χ4n) is 14.1. The summed E-state index contributed by atoms with van der Waals surface area (Å²) in [7, 11) is -5.52. The number of hydrogen-bond donors (Lipinski definition) is 6. The molecule has 618 valence electrons. The molecular formula is C84H159N2O18P. The van der Waals surface area contributed by atoms with Gasteiger partial charge >= 0.3 is 31.7 Å². The fraction of sp³-hybridized carbons (Fsp3) is 0.929. The number of aliphatic hydroxyl groups is 2. The third-order valence-electron chi connectivity index (χ3n) is 20.4. The minimum absolute atomic E-state index is 0.151. The molecule has 0 bridgehead atoms. The first-order valence-electron chi connectivity index (χ1n) is 43.6. The first kappa shape index (κ1) is 99.8. The van der Waals surface area contributed by atoms with E-state index in [1.807, 2.05) is 0 Å². The predicted molar refractivity (Wildman–Crippen MR) is 420 cm³/mol. The summed E-state index contributed by atoms with van der Waals surface area (Å²) in [5.41, 5.74) is 0. The van der Waals surface area contributed by atoms with E-state index in [-0.39, 0.29) is 38.1 Å². The summed E-state index contributed by atoms with van der Waals surface area (Å²) in [6, 6.07) is -2.81. The molecule has 0 spiro atoms. The molecule has 0 aromatic rings. The first-order chi connectivity index (χ1) is 51.0. The minimum Gasteiger partial charge on any atom is -0.462 e. The van der Waals surface area contributed by atoms with Crippen molar-refractivity contribution < 1.29 is 86.3 Å². The van der Waals surface area contributed by atoms with Gasteiger partial charge in [-0.05, 0) is 57.8 Å². The highest BCUT2D eigenvalue weighted by Crippen LogP contribution is 2.42. The number of esters is 4. The third kappa shape index (κ3) is 58.4. The standard InChI is InChI=1S/C84H159N2O18P/c1-7-13-19-25-31-37-40-46-52-58-71(99-77(91)61-55-49-43-34-28-22-16-10-4)64-75(89)85-70(67-87)69-98-84-81(86-76(90)65-72(59-53-47-41-38-32-26-20-14-8-2)100-78(92)62-56-50-44-35-29-23-17-11-5)83(82(74(68-88)102-84)104-105(95,96)97)103-80(94)66-73(60-54-48-42-39-33-27-21-15-9-3)101-79(93)63-57-51-45-36-30-24-18-12-6/h70-74,81-84,87-88H,7-69H2,1-6H3,(H,85,89)(H,86,90)(H2,95,96,97)/t70-,71+,72+,73+,74+,81+,82+,83+,84+/m0/s1. The lowest BCUT2D eigenvalue weighted by molar-refractivity contribution is -0.272. The monoisotopic (exact) mass is 1520 g/mol. The number of carbonyl (C=O) groups excluding carboxylic acids is 6. The Labute approximate surface area is 639 Å². The van der Waals surface area contributed by atoms with Gasteiger partial charge in [0.1, 0.15) is 36.6 Å². The van der Waals surface area contributed by atoms with Crippen molar-refractivity contribution in [2.45, 2.75) is 482 Å². The van der Waals surface area contributed by atoms with Gasteiger partial charge < -0.3 is 59.1 Å². The van der Waals surface area contributed by atoms with Crippen LogP contribution in [0.2, 0.25) is 0 Å². The van der Waals surface area contributed by atoms with Crippen molar-refractivity contribution in [2.75, 3.05) is 19.8 Å². The number of hydrogen-bond acceptors (Lipinski definition) is 16. The van der Waals surface area contributed by atoms with Crippen molar-refractivity contribution in [2.24, 2.45) is 0 Å². The second-order valence-corrected chi connectivity index (χ2v) is 31.8. The maximum Gasteiger partial charge on any atom is 0.470 e. The summed E-state index contributed by atoms with van der Waals surface area (Å²) in [5.74, 6) is -3.50. The first-order valence-corrected chi connectivity index (χ1v) is 45.1. The zero-order valence-electron chi connectivity index (χ0n) is 67.7. The van der Waals surface area contributed by atoms with E-state index < -0.39 is 119 Å². The molecule has 9 atom stereocenters. The minimum atomic E-state index is -5.52. The van der Waals surface area contributed by atoms with Gasteiger partial charge in [-0.25, -0.2) is 4.57 Å². The number of ether oxygens (including phenoxy) is 6. The van der Waals surface area contributed by atoms with Crippen LogP contribution in [0.15, 0.2) is 0 Å². The molecule has 1 aliphatic heterocycles. The lowest BCUT2D eigenvalue weighted by atomic mass is 9.95. The number of carbonyl (C=O) groups is 6. The van der Waals surface area contributed by atoms with Crippen molar-refractivity contribution in [3.63, 3.8) is 0 Å². The van der Waals surface area contributed by atoms with Gasteiger partial charge in [-0.2, -0.15) is 0 Å². The molecule has 0 unspecified atom stereocenters. The van der Waals surface area contributed by atoms with E-state index >= 15 is 0 Å². The summed E-state index contributed by atoms with van der Waals surface area (Å²) >= 11 is 0. The largest absolute Gasteiger partial charge is 0.470 e. The van der Waals surface area contributed by atoms with Gasteiger partial charge in [-0.1, -0.05) is 330 Å². The normalized spacial score (nSPS) is 17.2. The zero-order chi connectivity index (χ0) is 77.1. The van der Waals surface area contributed by atoms with Gasteiger partial charge in [0.2, 0.25) is 11.8 Å². The SMILES string of the molecule is CCCCCCCCCCC[C@H](CC(=O)N[C@@H](CO)CO[C@@H]1O[C@H](CO)[C@@H](OP(=O)(O)O)[C@H](OC(=O)C[C@@H](CCCCCCCCCCC)OC(=O)CCCCCCCCCC)[C@H]1NC(=O)C[C@@H](CCCCCCCCCCC)OC(=O)CCCCCCCCCC)OC(=O)CCCCCCCCCC. The van der Waals surface area contributed by atoms with E-state index in [4.69, 9.17) is 32.9 Å². The van der Waals surface area contributed by atoms with Crippen LogP contribution >= 0.6 is 7.82 Å². The molecule has 21 heteroatoms. The van der Waals surface area contributed by atoms with Crippen molar-refractivity contribution in [3.05, 3.63) is 0 Å². The molecule has 1 rings (SSSR count). The lowest BCUT2D eigenvalue weighted by Gasteiger charge is -2.45. The number of rotatable bonds is 76. The van der Waals surface area contributed by atoms with Crippen molar-refractivity contribution in [1.29, 1.82) is 0 Å². The summed E-state index contributed by atoms with van der Waals surface area (Å²) in [6.07, 6.45) is 44.3. The maximum atomic E-state index is 14.9. The molecule has 0 aromatic heterocycles. The molecule has 0 saturated carbocycles. The Morgan fingerprint density at radius 3 is 0.981 bits per heavy atom. The van der Waals surface area contributed by atoms with Crippen LogP contribution in [0.5, 0.6) is 0 Å². The molecule has 20 nitrogen and oxygen atoms in total. The molecule has 0 radical (unpaired) electrons. The summed E-state index contributed by atoms with van der Waals surface area (Å²) in [5, 5.41) is 27.5. The molecule has 2 amide bonds. The van der Waals surface area contributed by atoms with E-state index in [2.05, 4.69) is 52.2 Å². The van der Waals surface area contributed by atoms with Crippen LogP contribution < -0.4 is 10.6 Å². The van der Waals surface area contributed by atoms with Crippen LogP contribution in [0.1, 0.15) is 427 Å². The summed E-state index contributed by atoms with van der Waals surface area (Å²) < 4.78 is 55.4. The van der Waals surface area contributed by atoms with Gasteiger partial charge in [0.25, 0.3) is 0 Å². The molecule has 1 saturated heterocycles. The van der Waals surface area contributed by atoms with Crippen LogP contribution in [0.3, 0.4) is 0 Å². The molecule has 105 heavy (non-hydrogen) atoms. The van der Waals surface area contributed by atoms with E-state index in [0.29, 0.717) is 51.4 Å². The predicted octanol–water partition coefficient (Wildman–Crippen LogP) is 20.3. The third-order valence-corrected chi connectivity index (χ3v) is 21.0. The quantitative estimate of drug-likeness (QED) is 0.0143. The van der Waals surface area contributed by atoms with E-state index in [0.717, 1.165) is 193 Å². The Morgan fingerprint density at radius 2 is 0.676 bits per heavy atom. The van der Waals surface area contributed by atoms with Crippen LogP contribution in [0, 0.1) is 0 Å². The fourth-order valence-corrected chi connectivity index (χ4v) is 14.6. The van der Waals surface area contributed by atoms with E-state index in [1.165, 1.54) is 103 Å². The summed E-state index contributed by atoms with van der Waals surface area (Å²) in [4.78, 5) is 105. The lowest BCUT2D eigenvalue weighted by Crippen LogP contribution is -2.66. The number of phosphoric ester groups is 1. The van der Waals surface area contributed by atoms with Gasteiger partial charge in [0, 0.05) is 19.3 Å². The molecule has 6 N–H and O–H groups in total. The van der Waals surface area contributed by atoms with Crippen molar-refractivity contribution in [3.8, 4) is 0 Å². The van der Waals surface area contributed by atoms with Gasteiger partial charge in [0.15, 0.2) is 12.4 Å². The number of amides is 2. The Kier molecular flexibility index (Phi) is 66.4. The second kappa shape index (κ2) is 69.9. The molecule has 1 fully saturated rings. The van der Waals surface area contributed by atoms with Crippen molar-refractivity contribution >= 4 is 43.5 Å². The Bertz CT molecular complexity index is 2140. The van der Waals surface area contributed by atoms with Crippen LogP contribution in [-0.2, 0) is 66.3 Å². The van der Waals surface area contributed by atoms with Gasteiger partial charge in [0.05, 0.1) is 45.1 Å². The smallest absolute Gasteiger partial charge is 0.462 e. The summed E-state index contributed by atoms with van der Waals surface area (Å²) in [6.45, 7) is 11.0. The van der Waals surface area contributed by atoms with E-state index in [9.17, 15) is 53.3 Å². The topological polar surface area (TPSA) is 289 Å². The van der Waals surface area contributed by atoms with Crippen molar-refractivity contribution in [1.82, 2.24) is 10.6 Å². The Morgan fingerprint density at radius 1 is 0.381 bits per heavy atom. The maximum absolute atomic E-state index is 14.9. The van der Waals surface area contributed by atoms with Crippen LogP contribution in [0.4, 0.5) is 0 Å². The molecule has 1 aliphatic rings. The molecule has 1 heterocycles. The average molecular weight is 1520 g/mol. The molecule has 0 aliphatic carbocycles. The Balaban J connectivity index is 3.80. The highest BCUT2D eigenvalue weighted by molar-refractivity contribution is 7.46. The highest BCUT2D eigenvalue weighted by atomic mass is 31.2. The molecule has 0 aromatic carbocycles. The number of unbranched alkanes of at least 4 members (excludes halogenated alkanes) is 45.